The van der Waals surface area contributed by atoms with Gasteiger partial charge in [-0.3, -0.25) is 0 Å². The topological polar surface area (TPSA) is 46.2 Å². The van der Waals surface area contributed by atoms with Gasteiger partial charge in [0.2, 0.25) is 0 Å². The molecular formula is C14H29NO. The van der Waals surface area contributed by atoms with Gasteiger partial charge in [0.15, 0.2) is 0 Å². The van der Waals surface area contributed by atoms with Crippen LogP contribution in [0.2, 0.25) is 0 Å². The zero-order valence-corrected chi connectivity index (χ0v) is 11.7. The van der Waals surface area contributed by atoms with Crippen molar-refractivity contribution >= 4 is 0 Å². The molecule has 16 heavy (non-hydrogen) atoms. The van der Waals surface area contributed by atoms with Gasteiger partial charge in [-0.2, -0.15) is 0 Å². The molecule has 1 aliphatic rings. The molecule has 2 unspecified atom stereocenters. The van der Waals surface area contributed by atoms with Crippen molar-refractivity contribution in [3.63, 3.8) is 0 Å². The van der Waals surface area contributed by atoms with Gasteiger partial charge in [-0.15, -0.1) is 0 Å². The molecule has 2 atom stereocenters. The Hall–Kier alpha value is -0.0800. The summed E-state index contributed by atoms with van der Waals surface area (Å²) in [7, 11) is 0. The maximum absolute atomic E-state index is 10.6. The third-order valence-corrected chi connectivity index (χ3v) is 4.16. The molecule has 0 saturated heterocycles. The molecule has 0 radical (unpaired) electrons. The van der Waals surface area contributed by atoms with Crippen LogP contribution in [-0.2, 0) is 0 Å². The van der Waals surface area contributed by atoms with Gasteiger partial charge in [0.1, 0.15) is 0 Å². The van der Waals surface area contributed by atoms with Crippen LogP contribution in [0.4, 0.5) is 0 Å². The number of aliphatic hydroxyl groups excluding tert-OH is 1. The number of hydrogen-bond acceptors (Lipinski definition) is 2. The Kier molecular flexibility index (Phi) is 3.76. The zero-order chi connectivity index (χ0) is 12.7. The van der Waals surface area contributed by atoms with Gasteiger partial charge in [0.05, 0.1) is 6.10 Å². The molecule has 1 fully saturated rings. The number of nitrogens with two attached hydrogens (primary N) is 1. The van der Waals surface area contributed by atoms with Crippen molar-refractivity contribution in [1.82, 2.24) is 0 Å². The highest BCUT2D eigenvalue weighted by Crippen LogP contribution is 2.45. The Balaban J connectivity index is 2.91. The van der Waals surface area contributed by atoms with Crippen molar-refractivity contribution in [3.8, 4) is 0 Å². The predicted octanol–water partition coefficient (Wildman–Crippen LogP) is 2.79. The van der Waals surface area contributed by atoms with Crippen LogP contribution in [0.25, 0.3) is 0 Å². The van der Waals surface area contributed by atoms with Crippen molar-refractivity contribution in [3.05, 3.63) is 0 Å². The summed E-state index contributed by atoms with van der Waals surface area (Å²) in [5.74, 6) is 0.640. The van der Waals surface area contributed by atoms with Gasteiger partial charge in [-0.25, -0.2) is 0 Å². The summed E-state index contributed by atoms with van der Waals surface area (Å²) in [4.78, 5) is 0. The maximum Gasteiger partial charge on any atom is 0.0607 e. The third-order valence-electron chi connectivity index (χ3n) is 4.16. The molecule has 3 N–H and O–H groups in total. The van der Waals surface area contributed by atoms with Crippen LogP contribution in [0.5, 0.6) is 0 Å². The average Bonchev–Trinajstić information content (AvgIpc) is 2.04. The molecular weight excluding hydrogens is 198 g/mol. The molecule has 0 aromatic rings. The maximum atomic E-state index is 10.6. The minimum atomic E-state index is -0.209. The molecule has 0 aliphatic heterocycles. The fourth-order valence-electron chi connectivity index (χ4n) is 3.04. The highest BCUT2D eigenvalue weighted by atomic mass is 16.3. The van der Waals surface area contributed by atoms with Gasteiger partial charge in [-0.05, 0) is 35.5 Å². The number of hydrogen-bond donors (Lipinski definition) is 2. The van der Waals surface area contributed by atoms with Crippen LogP contribution < -0.4 is 5.73 Å². The summed E-state index contributed by atoms with van der Waals surface area (Å²) in [6.45, 7) is 13.2. The van der Waals surface area contributed by atoms with Crippen LogP contribution in [0.3, 0.4) is 0 Å². The molecule has 2 heteroatoms. The van der Waals surface area contributed by atoms with Crippen LogP contribution in [-0.4, -0.2) is 17.3 Å². The second kappa shape index (κ2) is 4.30. The predicted molar refractivity (Wildman–Crippen MR) is 69.1 cm³/mol. The first-order valence-electron chi connectivity index (χ1n) is 6.47. The monoisotopic (exact) mass is 227 g/mol. The normalized spacial score (nSPS) is 37.5. The van der Waals surface area contributed by atoms with E-state index in [0.29, 0.717) is 11.8 Å². The first-order valence-corrected chi connectivity index (χ1v) is 6.47. The van der Waals surface area contributed by atoms with E-state index in [1.165, 1.54) is 0 Å². The quantitative estimate of drug-likeness (QED) is 0.668. The summed E-state index contributed by atoms with van der Waals surface area (Å²) >= 11 is 0. The Morgan fingerprint density at radius 3 is 1.44 bits per heavy atom. The molecule has 1 aliphatic carbocycles. The van der Waals surface area contributed by atoms with E-state index in [0.717, 1.165) is 12.8 Å². The SMILES string of the molecule is CC(C)(C)C1CC(N)CC(C(C)(C)C)C1O. The summed E-state index contributed by atoms with van der Waals surface area (Å²) < 4.78 is 0. The first-order chi connectivity index (χ1) is 7.03. The molecule has 1 rings (SSSR count). The first kappa shape index (κ1) is 14.0. The second-order valence-electron chi connectivity index (χ2n) is 7.67. The van der Waals surface area contributed by atoms with Gasteiger partial charge in [0.25, 0.3) is 0 Å². The summed E-state index contributed by atoms with van der Waals surface area (Å²) in [6.07, 6.45) is 1.70. The Labute approximate surface area is 101 Å². The lowest BCUT2D eigenvalue weighted by atomic mass is 9.60. The molecule has 0 amide bonds. The largest absolute Gasteiger partial charge is 0.393 e. The van der Waals surface area contributed by atoms with Crippen molar-refractivity contribution in [2.45, 2.75) is 66.5 Å². The number of aliphatic hydroxyl groups is 1. The van der Waals surface area contributed by atoms with Crippen molar-refractivity contribution in [2.24, 2.45) is 28.4 Å². The smallest absolute Gasteiger partial charge is 0.0607 e. The second-order valence-corrected chi connectivity index (χ2v) is 7.67. The molecule has 0 aromatic heterocycles. The Morgan fingerprint density at radius 1 is 0.875 bits per heavy atom. The lowest BCUT2D eigenvalue weighted by Gasteiger charge is -2.48. The number of rotatable bonds is 0. The van der Waals surface area contributed by atoms with Gasteiger partial charge in [0, 0.05) is 6.04 Å². The van der Waals surface area contributed by atoms with E-state index >= 15 is 0 Å². The van der Waals surface area contributed by atoms with E-state index in [-0.39, 0.29) is 23.0 Å². The summed E-state index contributed by atoms with van der Waals surface area (Å²) in [6, 6.07) is 0.247. The van der Waals surface area contributed by atoms with Crippen LogP contribution in [0, 0.1) is 22.7 Å². The molecule has 2 nitrogen and oxygen atoms in total. The minimum absolute atomic E-state index is 0.140. The van der Waals surface area contributed by atoms with Gasteiger partial charge < -0.3 is 10.8 Å². The molecule has 1 saturated carbocycles. The molecule has 0 aromatic carbocycles. The van der Waals surface area contributed by atoms with Crippen LogP contribution in [0.15, 0.2) is 0 Å². The Bertz CT molecular complexity index is 212. The standard InChI is InChI=1S/C14H29NO/c1-13(2,3)10-7-9(15)8-11(12(10)16)14(4,5)6/h9-12,16H,7-8,15H2,1-6H3. The van der Waals surface area contributed by atoms with E-state index in [1.54, 1.807) is 0 Å². The van der Waals surface area contributed by atoms with Crippen molar-refractivity contribution in [2.75, 3.05) is 0 Å². The summed E-state index contributed by atoms with van der Waals surface area (Å²) in [5.41, 5.74) is 6.44. The fourth-order valence-corrected chi connectivity index (χ4v) is 3.04. The van der Waals surface area contributed by atoms with E-state index in [9.17, 15) is 5.11 Å². The molecule has 0 spiro atoms. The minimum Gasteiger partial charge on any atom is -0.393 e. The zero-order valence-electron chi connectivity index (χ0n) is 11.7. The molecule has 0 heterocycles. The molecule has 0 bridgehead atoms. The third kappa shape index (κ3) is 2.98. The fraction of sp³-hybridized carbons (Fsp3) is 1.00. The highest BCUT2D eigenvalue weighted by molar-refractivity contribution is 4.96. The van der Waals surface area contributed by atoms with E-state index in [4.69, 9.17) is 5.73 Å². The van der Waals surface area contributed by atoms with Crippen LogP contribution >= 0.6 is 0 Å². The highest BCUT2D eigenvalue weighted by Gasteiger charge is 2.45. The lowest BCUT2D eigenvalue weighted by molar-refractivity contribution is -0.0716. The van der Waals surface area contributed by atoms with E-state index in [1.807, 2.05) is 0 Å². The van der Waals surface area contributed by atoms with Crippen LogP contribution in [0.1, 0.15) is 54.4 Å². The van der Waals surface area contributed by atoms with Crippen molar-refractivity contribution < 1.29 is 5.11 Å². The molecule has 96 valence electrons. The van der Waals surface area contributed by atoms with Gasteiger partial charge in [-0.1, -0.05) is 41.5 Å². The lowest BCUT2D eigenvalue weighted by Crippen LogP contribution is -2.51. The van der Waals surface area contributed by atoms with E-state index in [2.05, 4.69) is 41.5 Å². The van der Waals surface area contributed by atoms with Crippen molar-refractivity contribution in [1.29, 1.82) is 0 Å². The Morgan fingerprint density at radius 2 is 1.19 bits per heavy atom. The summed E-state index contributed by atoms with van der Waals surface area (Å²) in [5, 5.41) is 10.6. The van der Waals surface area contributed by atoms with E-state index < -0.39 is 0 Å². The average molecular weight is 227 g/mol. The van der Waals surface area contributed by atoms with Gasteiger partial charge >= 0.3 is 0 Å².